The molecule has 0 spiro atoms. The third kappa shape index (κ3) is 3.62. The van der Waals surface area contributed by atoms with E-state index in [9.17, 15) is 22.8 Å². The standard InChI is InChI=1S/C12H12F3NO4/c1-5(2-8(17)18)4-16-12(20)6-3-7(13)10(15)11(19)9(6)14/h3,5,19H,2,4H2,1H3,(H,16,20)(H,17,18). The van der Waals surface area contributed by atoms with Crippen molar-refractivity contribution in [1.82, 2.24) is 5.32 Å². The molecule has 0 radical (unpaired) electrons. The molecule has 110 valence electrons. The second-order valence-corrected chi connectivity index (χ2v) is 4.30. The number of benzene rings is 1. The van der Waals surface area contributed by atoms with Crippen molar-refractivity contribution in [2.45, 2.75) is 13.3 Å². The van der Waals surface area contributed by atoms with Crippen LogP contribution in [0.25, 0.3) is 0 Å². The van der Waals surface area contributed by atoms with E-state index in [1.807, 2.05) is 0 Å². The third-order valence-electron chi connectivity index (χ3n) is 2.51. The van der Waals surface area contributed by atoms with Gasteiger partial charge in [0, 0.05) is 13.0 Å². The van der Waals surface area contributed by atoms with E-state index in [4.69, 9.17) is 10.2 Å². The van der Waals surface area contributed by atoms with Gasteiger partial charge in [-0.2, -0.15) is 4.39 Å². The largest absolute Gasteiger partial charge is 0.503 e. The highest BCUT2D eigenvalue weighted by molar-refractivity contribution is 5.95. The molecule has 0 fully saturated rings. The number of phenolic OH excluding ortho intramolecular Hbond substituents is 1. The lowest BCUT2D eigenvalue weighted by atomic mass is 10.1. The first-order chi connectivity index (χ1) is 9.23. The molecule has 1 rings (SSSR count). The summed E-state index contributed by atoms with van der Waals surface area (Å²) >= 11 is 0. The molecule has 0 saturated carbocycles. The Morgan fingerprint density at radius 3 is 2.45 bits per heavy atom. The molecule has 0 aliphatic carbocycles. The van der Waals surface area contributed by atoms with E-state index in [1.165, 1.54) is 6.92 Å². The fourth-order valence-electron chi connectivity index (χ4n) is 1.49. The van der Waals surface area contributed by atoms with Gasteiger partial charge >= 0.3 is 5.97 Å². The lowest BCUT2D eigenvalue weighted by Crippen LogP contribution is -2.30. The third-order valence-corrected chi connectivity index (χ3v) is 2.51. The smallest absolute Gasteiger partial charge is 0.303 e. The Labute approximate surface area is 112 Å². The molecule has 0 aliphatic rings. The fraction of sp³-hybridized carbons (Fsp3) is 0.333. The van der Waals surface area contributed by atoms with E-state index in [1.54, 1.807) is 0 Å². The highest BCUT2D eigenvalue weighted by atomic mass is 19.2. The Balaban J connectivity index is 2.81. The van der Waals surface area contributed by atoms with E-state index >= 15 is 0 Å². The molecule has 0 bridgehead atoms. The van der Waals surface area contributed by atoms with Gasteiger partial charge in [-0.1, -0.05) is 6.92 Å². The molecule has 3 N–H and O–H groups in total. The number of aromatic hydroxyl groups is 1. The highest BCUT2D eigenvalue weighted by Crippen LogP contribution is 2.25. The minimum Gasteiger partial charge on any atom is -0.503 e. The summed E-state index contributed by atoms with van der Waals surface area (Å²) in [5, 5.41) is 19.7. The first-order valence-corrected chi connectivity index (χ1v) is 5.60. The van der Waals surface area contributed by atoms with Crippen molar-refractivity contribution in [2.75, 3.05) is 6.54 Å². The number of halogens is 3. The summed E-state index contributed by atoms with van der Waals surface area (Å²) in [6.45, 7) is 1.44. The lowest BCUT2D eigenvalue weighted by molar-refractivity contribution is -0.137. The van der Waals surface area contributed by atoms with Crippen molar-refractivity contribution >= 4 is 11.9 Å². The number of hydrogen-bond acceptors (Lipinski definition) is 3. The number of hydrogen-bond donors (Lipinski definition) is 3. The zero-order valence-electron chi connectivity index (χ0n) is 10.4. The maximum absolute atomic E-state index is 13.4. The zero-order chi connectivity index (χ0) is 15.4. The Kier molecular flexibility index (Phi) is 4.95. The second-order valence-electron chi connectivity index (χ2n) is 4.30. The van der Waals surface area contributed by atoms with Gasteiger partial charge < -0.3 is 15.5 Å². The molecule has 1 unspecified atom stereocenters. The Bertz CT molecular complexity index is 548. The molecule has 0 aliphatic heterocycles. The monoisotopic (exact) mass is 291 g/mol. The van der Waals surface area contributed by atoms with Gasteiger partial charge in [-0.3, -0.25) is 9.59 Å². The maximum atomic E-state index is 13.4. The number of carbonyl (C=O) groups is 2. The average molecular weight is 291 g/mol. The summed E-state index contributed by atoms with van der Waals surface area (Å²) < 4.78 is 39.2. The maximum Gasteiger partial charge on any atom is 0.303 e. The Hall–Kier alpha value is -2.25. The predicted molar refractivity (Wildman–Crippen MR) is 61.7 cm³/mol. The second kappa shape index (κ2) is 6.27. The number of carbonyl (C=O) groups excluding carboxylic acids is 1. The van der Waals surface area contributed by atoms with E-state index in [2.05, 4.69) is 5.32 Å². The van der Waals surface area contributed by atoms with Gasteiger partial charge in [-0.05, 0) is 12.0 Å². The molecule has 1 atom stereocenters. The first-order valence-electron chi connectivity index (χ1n) is 5.60. The molecule has 1 amide bonds. The molecule has 5 nitrogen and oxygen atoms in total. The van der Waals surface area contributed by atoms with Crippen molar-refractivity contribution < 1.29 is 33.0 Å². The Morgan fingerprint density at radius 2 is 1.90 bits per heavy atom. The van der Waals surface area contributed by atoms with Crippen LogP contribution in [0.15, 0.2) is 6.07 Å². The SMILES string of the molecule is CC(CNC(=O)c1cc(F)c(F)c(O)c1F)CC(=O)O. The van der Waals surface area contributed by atoms with Crippen molar-refractivity contribution in [1.29, 1.82) is 0 Å². The van der Waals surface area contributed by atoms with Gasteiger partial charge in [0.25, 0.3) is 5.91 Å². The van der Waals surface area contributed by atoms with E-state index < -0.39 is 46.6 Å². The van der Waals surface area contributed by atoms with Crippen LogP contribution in [0, 0.1) is 23.4 Å². The molecule has 0 saturated heterocycles. The van der Waals surface area contributed by atoms with E-state index in [0.29, 0.717) is 6.07 Å². The number of carboxylic acids is 1. The molecular formula is C12H12F3NO4. The molecule has 20 heavy (non-hydrogen) atoms. The summed E-state index contributed by atoms with van der Waals surface area (Å²) in [5.41, 5.74) is -0.857. The minimum absolute atomic E-state index is 0.0929. The fourth-order valence-corrected chi connectivity index (χ4v) is 1.49. The summed E-state index contributed by atoms with van der Waals surface area (Å²) in [6, 6.07) is 0.321. The molecule has 1 aromatic carbocycles. The van der Waals surface area contributed by atoms with Crippen LogP contribution in [0.2, 0.25) is 0 Å². The molecule has 8 heteroatoms. The number of rotatable bonds is 5. The van der Waals surface area contributed by atoms with Gasteiger partial charge in [-0.15, -0.1) is 0 Å². The van der Waals surface area contributed by atoms with Crippen LogP contribution in [-0.2, 0) is 4.79 Å². The number of carboxylic acid groups (broad SMARTS) is 1. The van der Waals surface area contributed by atoms with Crippen LogP contribution < -0.4 is 5.32 Å². The quantitative estimate of drug-likeness (QED) is 0.720. The highest BCUT2D eigenvalue weighted by Gasteiger charge is 2.22. The number of amides is 1. The van der Waals surface area contributed by atoms with E-state index in [-0.39, 0.29) is 13.0 Å². The summed E-state index contributed by atoms with van der Waals surface area (Å²) in [7, 11) is 0. The lowest BCUT2D eigenvalue weighted by Gasteiger charge is -2.11. The molecule has 1 aromatic rings. The zero-order valence-corrected chi connectivity index (χ0v) is 10.4. The summed E-state index contributed by atoms with van der Waals surface area (Å²) in [5.74, 6) is -9.07. The van der Waals surface area contributed by atoms with Crippen LogP contribution in [0.1, 0.15) is 23.7 Å². The molecular weight excluding hydrogens is 279 g/mol. The van der Waals surface area contributed by atoms with Gasteiger partial charge in [-0.25, -0.2) is 8.78 Å². The van der Waals surface area contributed by atoms with Crippen molar-refractivity contribution in [3.05, 3.63) is 29.1 Å². The van der Waals surface area contributed by atoms with Crippen LogP contribution in [0.5, 0.6) is 5.75 Å². The van der Waals surface area contributed by atoms with Crippen molar-refractivity contribution in [3.8, 4) is 5.75 Å². The normalized spacial score (nSPS) is 12.0. The van der Waals surface area contributed by atoms with Crippen LogP contribution in [0.3, 0.4) is 0 Å². The summed E-state index contributed by atoms with van der Waals surface area (Å²) in [4.78, 5) is 22.0. The van der Waals surface area contributed by atoms with Gasteiger partial charge in [0.2, 0.25) is 5.82 Å². The first kappa shape index (κ1) is 15.8. The van der Waals surface area contributed by atoms with Crippen LogP contribution in [0.4, 0.5) is 13.2 Å². The molecule has 0 aromatic heterocycles. The van der Waals surface area contributed by atoms with Gasteiger partial charge in [0.1, 0.15) is 0 Å². The number of nitrogens with one attached hydrogen (secondary N) is 1. The predicted octanol–water partition coefficient (Wildman–Crippen LogP) is 1.65. The topological polar surface area (TPSA) is 86.6 Å². The van der Waals surface area contributed by atoms with Crippen molar-refractivity contribution in [3.63, 3.8) is 0 Å². The van der Waals surface area contributed by atoms with Crippen molar-refractivity contribution in [2.24, 2.45) is 5.92 Å². The van der Waals surface area contributed by atoms with E-state index in [0.717, 1.165) is 0 Å². The number of phenols is 1. The van der Waals surface area contributed by atoms with Crippen LogP contribution in [-0.4, -0.2) is 28.6 Å². The minimum atomic E-state index is -1.78. The van der Waals surface area contributed by atoms with Gasteiger partial charge in [0.15, 0.2) is 17.4 Å². The van der Waals surface area contributed by atoms with Crippen LogP contribution >= 0.6 is 0 Å². The summed E-state index contributed by atoms with van der Waals surface area (Å²) in [6.07, 6.45) is -0.216. The average Bonchev–Trinajstić information content (AvgIpc) is 2.37. The van der Waals surface area contributed by atoms with Gasteiger partial charge in [0.05, 0.1) is 5.56 Å². The Morgan fingerprint density at radius 1 is 1.30 bits per heavy atom. The number of aliphatic carboxylic acids is 1. The molecule has 0 heterocycles.